The number of rotatable bonds is 6. The van der Waals surface area contributed by atoms with Crippen molar-refractivity contribution in [2.75, 3.05) is 19.8 Å². The number of benzene rings is 2. The van der Waals surface area contributed by atoms with E-state index in [-0.39, 0.29) is 18.1 Å². The molecule has 0 unspecified atom stereocenters. The molecule has 0 atom stereocenters. The molecule has 0 fully saturated rings. The summed E-state index contributed by atoms with van der Waals surface area (Å²) in [5, 5.41) is 6.80. The van der Waals surface area contributed by atoms with E-state index in [1.165, 1.54) is 6.20 Å². The van der Waals surface area contributed by atoms with Gasteiger partial charge in [-0.1, -0.05) is 26.0 Å². The highest BCUT2D eigenvalue weighted by Gasteiger charge is 2.19. The van der Waals surface area contributed by atoms with Crippen molar-refractivity contribution in [2.45, 2.75) is 26.7 Å². The first-order valence-electron chi connectivity index (χ1n) is 10.7. The van der Waals surface area contributed by atoms with Crippen LogP contribution in [0.3, 0.4) is 0 Å². The number of aromatic amines is 1. The maximum Gasteiger partial charge on any atom is 0.276 e. The van der Waals surface area contributed by atoms with E-state index in [1.807, 2.05) is 25.1 Å². The molecule has 2 heterocycles. The van der Waals surface area contributed by atoms with Crippen molar-refractivity contribution in [1.29, 1.82) is 0 Å². The molecular formula is C24H26N4O5. The fraction of sp³-hybridized carbons (Fsp3) is 0.292. The Labute approximate surface area is 191 Å². The predicted octanol–water partition coefficient (Wildman–Crippen LogP) is 3.12. The lowest BCUT2D eigenvalue weighted by molar-refractivity contribution is -0.123. The van der Waals surface area contributed by atoms with E-state index >= 15 is 0 Å². The Morgan fingerprint density at radius 2 is 1.88 bits per heavy atom. The quantitative estimate of drug-likeness (QED) is 0.497. The Morgan fingerprint density at radius 3 is 2.67 bits per heavy atom. The van der Waals surface area contributed by atoms with E-state index in [9.17, 15) is 9.59 Å². The lowest BCUT2D eigenvalue weighted by atomic mass is 10.0. The van der Waals surface area contributed by atoms with Gasteiger partial charge in [0.15, 0.2) is 18.1 Å². The molecule has 0 radical (unpaired) electrons. The third-order valence-electron chi connectivity index (χ3n) is 5.18. The van der Waals surface area contributed by atoms with Gasteiger partial charge in [-0.05, 0) is 48.2 Å². The topological polar surface area (TPSA) is 115 Å². The summed E-state index contributed by atoms with van der Waals surface area (Å²) in [6.45, 7) is 6.80. The van der Waals surface area contributed by atoms with Crippen LogP contribution in [-0.2, 0) is 4.79 Å². The molecule has 3 aromatic rings. The first-order valence-corrected chi connectivity index (χ1v) is 10.7. The molecule has 1 aromatic heterocycles. The maximum absolute atomic E-state index is 12.7. The average Bonchev–Trinajstić information content (AvgIpc) is 3.31. The van der Waals surface area contributed by atoms with Gasteiger partial charge in [-0.15, -0.1) is 0 Å². The van der Waals surface area contributed by atoms with E-state index < -0.39 is 11.8 Å². The molecule has 1 aliphatic rings. The minimum atomic E-state index is -0.514. The number of aromatic nitrogens is 2. The average molecular weight is 450 g/mol. The SMILES string of the molecule is Cc1ccc(C(C)C)c(OCC(=O)NNC(=O)c2cn[nH]c2-c2ccc3c(c2)OCCO3)c1. The second-order valence-corrected chi connectivity index (χ2v) is 8.00. The Balaban J connectivity index is 1.37. The van der Waals surface area contributed by atoms with Crippen LogP contribution in [0.4, 0.5) is 0 Å². The van der Waals surface area contributed by atoms with Crippen LogP contribution >= 0.6 is 0 Å². The largest absolute Gasteiger partial charge is 0.486 e. The Bertz CT molecular complexity index is 1170. The van der Waals surface area contributed by atoms with E-state index in [0.717, 1.165) is 11.1 Å². The number of H-pyrrole nitrogens is 1. The van der Waals surface area contributed by atoms with Gasteiger partial charge in [-0.25, -0.2) is 0 Å². The van der Waals surface area contributed by atoms with Gasteiger partial charge < -0.3 is 14.2 Å². The zero-order valence-corrected chi connectivity index (χ0v) is 18.7. The molecule has 3 N–H and O–H groups in total. The summed E-state index contributed by atoms with van der Waals surface area (Å²) < 4.78 is 16.8. The number of carbonyl (C=O) groups is 2. The summed E-state index contributed by atoms with van der Waals surface area (Å²) in [7, 11) is 0. The second kappa shape index (κ2) is 9.64. The number of hydrogen-bond acceptors (Lipinski definition) is 6. The highest BCUT2D eigenvalue weighted by atomic mass is 16.6. The first kappa shape index (κ1) is 22.2. The van der Waals surface area contributed by atoms with Crippen molar-refractivity contribution in [1.82, 2.24) is 21.0 Å². The molecule has 2 aromatic carbocycles. The number of nitrogens with zero attached hydrogens (tertiary/aromatic N) is 1. The Kier molecular flexibility index (Phi) is 6.48. The van der Waals surface area contributed by atoms with E-state index in [0.29, 0.717) is 41.7 Å². The molecule has 0 bridgehead atoms. The normalized spacial score (nSPS) is 12.4. The van der Waals surface area contributed by atoms with E-state index in [2.05, 4.69) is 34.9 Å². The highest BCUT2D eigenvalue weighted by molar-refractivity contribution is 6.00. The van der Waals surface area contributed by atoms with Gasteiger partial charge in [0.25, 0.3) is 11.8 Å². The fourth-order valence-corrected chi connectivity index (χ4v) is 3.49. The van der Waals surface area contributed by atoms with Gasteiger partial charge in [0.2, 0.25) is 0 Å². The molecule has 2 amide bonds. The van der Waals surface area contributed by atoms with Crippen molar-refractivity contribution in [3.05, 3.63) is 59.3 Å². The van der Waals surface area contributed by atoms with Gasteiger partial charge in [-0.3, -0.25) is 25.5 Å². The molecule has 0 aliphatic carbocycles. The number of hydrogen-bond donors (Lipinski definition) is 3. The third-order valence-corrected chi connectivity index (χ3v) is 5.18. The third kappa shape index (κ3) is 5.08. The number of fused-ring (bicyclic) bond motifs is 1. The zero-order chi connectivity index (χ0) is 23.4. The molecule has 9 nitrogen and oxygen atoms in total. The molecule has 9 heteroatoms. The molecule has 172 valence electrons. The van der Waals surface area contributed by atoms with Gasteiger partial charge >= 0.3 is 0 Å². The second-order valence-electron chi connectivity index (χ2n) is 8.00. The summed E-state index contributed by atoms with van der Waals surface area (Å²) >= 11 is 0. The number of nitrogens with one attached hydrogen (secondary N) is 3. The van der Waals surface area contributed by atoms with Gasteiger partial charge in [0.1, 0.15) is 19.0 Å². The van der Waals surface area contributed by atoms with Crippen molar-refractivity contribution < 1.29 is 23.8 Å². The summed E-state index contributed by atoms with van der Waals surface area (Å²) in [5.41, 5.74) is 8.32. The number of carbonyl (C=O) groups excluding carboxylic acids is 2. The van der Waals surface area contributed by atoms with Crippen molar-refractivity contribution >= 4 is 11.8 Å². The van der Waals surface area contributed by atoms with E-state index in [4.69, 9.17) is 14.2 Å². The Morgan fingerprint density at radius 1 is 1.09 bits per heavy atom. The number of ether oxygens (including phenoxy) is 3. The van der Waals surface area contributed by atoms with Gasteiger partial charge in [0.05, 0.1) is 17.5 Å². The Hall–Kier alpha value is -4.01. The van der Waals surface area contributed by atoms with Crippen LogP contribution in [-0.4, -0.2) is 41.8 Å². The lowest BCUT2D eigenvalue weighted by Crippen LogP contribution is -2.43. The minimum absolute atomic E-state index is 0.232. The van der Waals surface area contributed by atoms with Crippen LogP contribution in [0, 0.1) is 6.92 Å². The standard InChI is InChI=1S/C24H26N4O5/c1-14(2)17-6-4-15(3)10-20(17)33-13-22(29)26-28-24(30)18-12-25-27-23(18)16-5-7-19-21(11-16)32-9-8-31-19/h4-7,10-12,14H,8-9,13H2,1-3H3,(H,25,27)(H,26,29)(H,28,30). The molecular weight excluding hydrogens is 424 g/mol. The number of amides is 2. The molecule has 4 rings (SSSR count). The first-order chi connectivity index (χ1) is 15.9. The van der Waals surface area contributed by atoms with Crippen LogP contribution in [0.5, 0.6) is 17.2 Å². The van der Waals surface area contributed by atoms with Gasteiger partial charge in [-0.2, -0.15) is 5.10 Å². The summed E-state index contributed by atoms with van der Waals surface area (Å²) in [6, 6.07) is 11.3. The zero-order valence-electron chi connectivity index (χ0n) is 18.7. The van der Waals surface area contributed by atoms with Crippen LogP contribution in [0.1, 0.15) is 41.3 Å². The molecule has 1 aliphatic heterocycles. The van der Waals surface area contributed by atoms with Crippen molar-refractivity contribution in [2.24, 2.45) is 0 Å². The van der Waals surface area contributed by atoms with E-state index in [1.54, 1.807) is 18.2 Å². The lowest BCUT2D eigenvalue weighted by Gasteiger charge is -2.18. The van der Waals surface area contributed by atoms with Crippen LogP contribution in [0.15, 0.2) is 42.6 Å². The number of aryl methyl sites for hydroxylation is 1. The molecule has 0 spiro atoms. The summed E-state index contributed by atoms with van der Waals surface area (Å²) in [5.74, 6) is 1.16. The molecule has 0 saturated carbocycles. The minimum Gasteiger partial charge on any atom is -0.486 e. The maximum atomic E-state index is 12.7. The monoisotopic (exact) mass is 450 g/mol. The molecule has 0 saturated heterocycles. The predicted molar refractivity (Wildman–Crippen MR) is 121 cm³/mol. The van der Waals surface area contributed by atoms with Gasteiger partial charge in [0, 0.05) is 5.56 Å². The number of hydrazine groups is 1. The van der Waals surface area contributed by atoms with Crippen LogP contribution < -0.4 is 25.1 Å². The smallest absolute Gasteiger partial charge is 0.276 e. The van der Waals surface area contributed by atoms with Crippen LogP contribution in [0.2, 0.25) is 0 Å². The summed E-state index contributed by atoms with van der Waals surface area (Å²) in [4.78, 5) is 24.9. The summed E-state index contributed by atoms with van der Waals surface area (Å²) in [6.07, 6.45) is 1.39. The van der Waals surface area contributed by atoms with Crippen LogP contribution in [0.25, 0.3) is 11.3 Å². The molecule has 33 heavy (non-hydrogen) atoms. The van der Waals surface area contributed by atoms with Crippen molar-refractivity contribution in [3.8, 4) is 28.5 Å². The highest BCUT2D eigenvalue weighted by Crippen LogP contribution is 2.34. The fourth-order valence-electron chi connectivity index (χ4n) is 3.49. The van der Waals surface area contributed by atoms with Crippen molar-refractivity contribution in [3.63, 3.8) is 0 Å².